The highest BCUT2D eigenvalue weighted by Crippen LogP contribution is 2.35. The maximum absolute atomic E-state index is 14.1. The predicted octanol–water partition coefficient (Wildman–Crippen LogP) is 6.70. The molecule has 2 atom stereocenters. The summed E-state index contributed by atoms with van der Waals surface area (Å²) in [6.07, 6.45) is -6.95. The minimum absolute atomic E-state index is 0.0144. The minimum Gasteiger partial charge on any atom is -0.355 e. The molecular weight excluding hydrogens is 660 g/mol. The smallest absolute Gasteiger partial charge is 0.355 e. The predicted molar refractivity (Wildman–Crippen MR) is 152 cm³/mol. The van der Waals surface area contributed by atoms with Crippen molar-refractivity contribution < 1.29 is 31.5 Å². The van der Waals surface area contributed by atoms with E-state index in [1.54, 1.807) is 4.57 Å². The molecule has 0 radical (unpaired) electrons. The van der Waals surface area contributed by atoms with Gasteiger partial charge in [0.25, 0.3) is 11.5 Å². The Kier molecular flexibility index (Phi) is 9.83. The summed E-state index contributed by atoms with van der Waals surface area (Å²) in [6, 6.07) is 18.4. The number of aromatic nitrogens is 2. The molecule has 3 aromatic rings. The van der Waals surface area contributed by atoms with Crippen molar-refractivity contribution in [3.8, 4) is 0 Å². The third-order valence-electron chi connectivity index (χ3n) is 7.14. The quantitative estimate of drug-likeness (QED) is 0.154. The largest absolute Gasteiger partial charge is 0.420 e. The van der Waals surface area contributed by atoms with Crippen LogP contribution in [0.25, 0.3) is 0 Å². The van der Waals surface area contributed by atoms with Gasteiger partial charge in [-0.05, 0) is 30.4 Å². The zero-order chi connectivity index (χ0) is 29.8. The first-order valence-corrected chi connectivity index (χ1v) is 14.2. The summed E-state index contributed by atoms with van der Waals surface area (Å²) in [7, 11) is 0. The zero-order valence-corrected chi connectivity index (χ0v) is 24.3. The lowest BCUT2D eigenvalue weighted by Gasteiger charge is -2.28. The second-order valence-corrected chi connectivity index (χ2v) is 10.7. The van der Waals surface area contributed by atoms with Gasteiger partial charge >= 0.3 is 6.18 Å². The van der Waals surface area contributed by atoms with Gasteiger partial charge in [-0.15, -0.1) is 0 Å². The molecule has 12 heteroatoms. The number of hydrogen-bond donors (Lipinski definition) is 1. The van der Waals surface area contributed by atoms with Crippen molar-refractivity contribution in [1.29, 1.82) is 0 Å². The summed E-state index contributed by atoms with van der Waals surface area (Å²) in [5, 5.41) is 0. The number of carbonyl (C=O) groups is 1. The molecular formula is C29H29F5IN3O3. The fraction of sp³-hybridized carbons (Fsp3) is 0.414. The van der Waals surface area contributed by atoms with Gasteiger partial charge in [-0.2, -0.15) is 13.2 Å². The highest BCUT2D eigenvalue weighted by molar-refractivity contribution is 14.1. The summed E-state index contributed by atoms with van der Waals surface area (Å²) in [5.41, 5.74) is 2.20. The van der Waals surface area contributed by atoms with E-state index in [2.05, 4.69) is 8.27 Å². The first-order valence-electron chi connectivity index (χ1n) is 13.1. The summed E-state index contributed by atoms with van der Waals surface area (Å²) >= 11 is 1.88. The van der Waals surface area contributed by atoms with Gasteiger partial charge < -0.3 is 4.74 Å². The lowest BCUT2D eigenvalue weighted by atomic mass is 9.87. The molecule has 6 nitrogen and oxygen atoms in total. The number of fused-ring (bicyclic) bond motifs is 1. The number of ether oxygens (including phenoxy) is 1. The lowest BCUT2D eigenvalue weighted by Crippen LogP contribution is -2.46. The van der Waals surface area contributed by atoms with E-state index < -0.39 is 42.6 Å². The maximum Gasteiger partial charge on any atom is 0.420 e. The normalized spacial score (nSPS) is 16.9. The van der Waals surface area contributed by atoms with Crippen LogP contribution >= 0.6 is 22.9 Å². The molecule has 0 saturated carbocycles. The SMILES string of the molecule is CC(F)(F)C(OCC(=O)C1CCCCc2c(nc(NI)n(C(c3ccccc3)c3ccccc3)c2=O)C1)C(F)(F)F. The highest BCUT2D eigenvalue weighted by Gasteiger charge is 2.54. The fourth-order valence-corrected chi connectivity index (χ4v) is 5.60. The van der Waals surface area contributed by atoms with Gasteiger partial charge in [0, 0.05) is 24.8 Å². The molecule has 0 saturated heterocycles. The summed E-state index contributed by atoms with van der Waals surface area (Å²) < 4.78 is 75.5. The second kappa shape index (κ2) is 13.0. The van der Waals surface area contributed by atoms with Gasteiger partial charge in [0.2, 0.25) is 12.1 Å². The van der Waals surface area contributed by atoms with Gasteiger partial charge in [-0.1, -0.05) is 67.1 Å². The molecule has 0 bridgehead atoms. The molecule has 1 N–H and O–H groups in total. The van der Waals surface area contributed by atoms with E-state index in [0.717, 1.165) is 11.1 Å². The van der Waals surface area contributed by atoms with E-state index >= 15 is 0 Å². The molecule has 1 heterocycles. The number of benzene rings is 2. The van der Waals surface area contributed by atoms with Crippen LogP contribution in [0.2, 0.25) is 0 Å². The summed E-state index contributed by atoms with van der Waals surface area (Å²) in [5.74, 6) is -5.54. The molecule has 4 rings (SSSR count). The molecule has 1 aromatic heterocycles. The van der Waals surface area contributed by atoms with Crippen LogP contribution in [0.15, 0.2) is 65.5 Å². The average Bonchev–Trinajstić information content (AvgIpc) is 2.90. The third-order valence-corrected chi connectivity index (χ3v) is 7.62. The Bertz CT molecular complexity index is 1340. The number of alkyl halides is 5. The molecule has 0 amide bonds. The molecule has 1 aliphatic carbocycles. The van der Waals surface area contributed by atoms with Crippen LogP contribution in [0.5, 0.6) is 0 Å². The molecule has 0 spiro atoms. The zero-order valence-electron chi connectivity index (χ0n) is 22.1. The molecule has 0 aliphatic heterocycles. The second-order valence-electron chi connectivity index (χ2n) is 10.2. The Balaban J connectivity index is 1.70. The summed E-state index contributed by atoms with van der Waals surface area (Å²) in [6.45, 7) is -1.01. The van der Waals surface area contributed by atoms with Gasteiger partial charge in [0.15, 0.2) is 5.78 Å². The summed E-state index contributed by atoms with van der Waals surface area (Å²) in [4.78, 5) is 31.8. The van der Waals surface area contributed by atoms with Crippen molar-refractivity contribution in [3.05, 3.63) is 93.4 Å². The first-order chi connectivity index (χ1) is 19.4. The molecule has 0 fully saturated rings. The topological polar surface area (TPSA) is 73.2 Å². The van der Waals surface area contributed by atoms with Crippen molar-refractivity contribution in [3.63, 3.8) is 0 Å². The number of rotatable bonds is 9. The number of Topliss-reactive ketones (excluding diaryl/α,β-unsaturated/α-hetero) is 1. The van der Waals surface area contributed by atoms with Crippen LogP contribution in [-0.2, 0) is 22.4 Å². The van der Waals surface area contributed by atoms with E-state index in [1.165, 1.54) is 0 Å². The molecule has 220 valence electrons. The molecule has 2 unspecified atom stereocenters. The maximum atomic E-state index is 14.1. The van der Waals surface area contributed by atoms with Crippen LogP contribution in [0, 0.1) is 5.92 Å². The van der Waals surface area contributed by atoms with Crippen molar-refractivity contribution in [2.24, 2.45) is 5.92 Å². The minimum atomic E-state index is -5.34. The fourth-order valence-electron chi connectivity index (χ4n) is 5.22. The Morgan fingerprint density at radius 1 is 1.05 bits per heavy atom. The van der Waals surface area contributed by atoms with Gasteiger partial charge in [-0.25, -0.2) is 13.8 Å². The highest BCUT2D eigenvalue weighted by atomic mass is 127. The van der Waals surface area contributed by atoms with Crippen molar-refractivity contribution in [2.75, 3.05) is 10.1 Å². The number of carbonyl (C=O) groups excluding carboxylic acids is 1. The molecule has 1 aliphatic rings. The number of nitrogens with one attached hydrogen (secondary N) is 1. The van der Waals surface area contributed by atoms with Crippen molar-refractivity contribution in [2.45, 2.75) is 63.3 Å². The van der Waals surface area contributed by atoms with E-state index in [-0.39, 0.29) is 24.9 Å². The Morgan fingerprint density at radius 3 is 2.15 bits per heavy atom. The standard InChI is InChI=1S/C29H29F5IN3O3/c1-28(30,31)26(29(32,33)34)41-17-23(39)20-14-8-9-15-21-22(16-20)36-27(37-35)38(25(21)40)24(18-10-4-2-5-11-18)19-12-6-3-7-13-19/h2-7,10-13,20,24,26H,8-9,14-17H2,1H3,(H,36,37). The van der Waals surface area contributed by atoms with E-state index in [0.29, 0.717) is 36.9 Å². The Hall–Kier alpha value is -2.87. The lowest BCUT2D eigenvalue weighted by molar-refractivity contribution is -0.278. The van der Waals surface area contributed by atoms with Crippen LogP contribution in [-0.4, -0.2) is 40.1 Å². The van der Waals surface area contributed by atoms with Crippen LogP contribution in [0.3, 0.4) is 0 Å². The number of halogens is 6. The van der Waals surface area contributed by atoms with Gasteiger partial charge in [0.1, 0.15) is 6.61 Å². The number of ketones is 1. The van der Waals surface area contributed by atoms with Crippen molar-refractivity contribution >= 4 is 34.6 Å². The van der Waals surface area contributed by atoms with Gasteiger partial charge in [-0.3, -0.25) is 17.7 Å². The number of hydrogen-bond acceptors (Lipinski definition) is 5. The van der Waals surface area contributed by atoms with E-state index in [9.17, 15) is 31.5 Å². The molecule has 2 aromatic carbocycles. The van der Waals surface area contributed by atoms with Crippen LogP contribution < -0.4 is 9.09 Å². The molecule has 41 heavy (non-hydrogen) atoms. The van der Waals surface area contributed by atoms with Crippen LogP contribution in [0.1, 0.15) is 54.6 Å². The number of nitrogens with zero attached hydrogens (tertiary/aromatic N) is 2. The van der Waals surface area contributed by atoms with E-state index in [1.807, 2.05) is 83.5 Å². The monoisotopic (exact) mass is 689 g/mol. The Labute approximate surface area is 247 Å². The Morgan fingerprint density at radius 2 is 1.63 bits per heavy atom. The van der Waals surface area contributed by atoms with Gasteiger partial charge in [0.05, 0.1) is 34.6 Å². The number of anilines is 1. The first kappa shape index (κ1) is 31.1. The van der Waals surface area contributed by atoms with Crippen molar-refractivity contribution in [1.82, 2.24) is 9.55 Å². The van der Waals surface area contributed by atoms with E-state index in [4.69, 9.17) is 4.98 Å². The average molecular weight is 689 g/mol. The van der Waals surface area contributed by atoms with Crippen LogP contribution in [0.4, 0.5) is 27.9 Å². The third kappa shape index (κ3) is 7.32.